The number of aryl methyl sites for hydroxylation is 2. The minimum absolute atomic E-state index is 0.207. The SMILES string of the molecule is Cc1ccc(C)c(OCCCC(C)(C)C(=O)Nc2ccc(C(=O)O)c(O)c2)c1. The lowest BCUT2D eigenvalue weighted by Gasteiger charge is -2.24. The van der Waals surface area contributed by atoms with Crippen LogP contribution in [0.4, 0.5) is 5.69 Å². The second-order valence-corrected chi connectivity index (χ2v) is 7.60. The van der Waals surface area contributed by atoms with E-state index in [0.717, 1.165) is 16.9 Å². The highest BCUT2D eigenvalue weighted by Crippen LogP contribution is 2.28. The third-order valence-electron chi connectivity index (χ3n) is 4.65. The zero-order valence-corrected chi connectivity index (χ0v) is 16.7. The lowest BCUT2D eigenvalue weighted by molar-refractivity contribution is -0.124. The van der Waals surface area contributed by atoms with Gasteiger partial charge in [-0.25, -0.2) is 4.79 Å². The zero-order valence-electron chi connectivity index (χ0n) is 16.7. The molecule has 2 aromatic rings. The van der Waals surface area contributed by atoms with Crippen molar-refractivity contribution in [3.63, 3.8) is 0 Å². The molecule has 0 radical (unpaired) electrons. The molecule has 28 heavy (non-hydrogen) atoms. The van der Waals surface area contributed by atoms with Gasteiger partial charge in [0.1, 0.15) is 17.1 Å². The molecule has 2 aromatic carbocycles. The summed E-state index contributed by atoms with van der Waals surface area (Å²) in [4.78, 5) is 23.5. The standard InChI is InChI=1S/C22H27NO5/c1-14-6-7-15(2)19(12-14)28-11-5-10-22(3,4)21(27)23-16-8-9-17(20(25)26)18(24)13-16/h6-9,12-13,24H,5,10-11H2,1-4H3,(H,23,27)(H,25,26). The first kappa shape index (κ1) is 21.3. The van der Waals surface area contributed by atoms with Crippen molar-refractivity contribution in [3.05, 3.63) is 53.1 Å². The number of rotatable bonds is 8. The van der Waals surface area contributed by atoms with Gasteiger partial charge in [-0.15, -0.1) is 0 Å². The van der Waals surface area contributed by atoms with E-state index >= 15 is 0 Å². The van der Waals surface area contributed by atoms with E-state index < -0.39 is 11.4 Å². The second kappa shape index (κ2) is 8.78. The Morgan fingerprint density at radius 2 is 1.82 bits per heavy atom. The van der Waals surface area contributed by atoms with Gasteiger partial charge < -0.3 is 20.3 Å². The molecule has 0 unspecified atom stereocenters. The number of ether oxygens (including phenoxy) is 1. The molecular formula is C22H27NO5. The molecular weight excluding hydrogens is 358 g/mol. The van der Waals surface area contributed by atoms with Crippen LogP contribution in [0.25, 0.3) is 0 Å². The van der Waals surface area contributed by atoms with Crippen LogP contribution in [-0.2, 0) is 4.79 Å². The normalized spacial score (nSPS) is 11.1. The predicted octanol–water partition coefficient (Wildman–Crippen LogP) is 4.53. The number of aromatic hydroxyl groups is 1. The van der Waals surface area contributed by atoms with Gasteiger partial charge in [0.25, 0.3) is 0 Å². The van der Waals surface area contributed by atoms with Crippen LogP contribution in [0.15, 0.2) is 36.4 Å². The van der Waals surface area contributed by atoms with Crippen molar-refractivity contribution in [3.8, 4) is 11.5 Å². The Kier molecular flexibility index (Phi) is 6.67. The van der Waals surface area contributed by atoms with Crippen LogP contribution < -0.4 is 10.1 Å². The van der Waals surface area contributed by atoms with Gasteiger partial charge in [0.15, 0.2) is 0 Å². The molecule has 2 rings (SSSR count). The summed E-state index contributed by atoms with van der Waals surface area (Å²) in [5.74, 6) is -0.956. The first-order valence-corrected chi connectivity index (χ1v) is 9.18. The molecule has 0 bridgehead atoms. The van der Waals surface area contributed by atoms with E-state index in [1.54, 1.807) is 0 Å². The maximum atomic E-state index is 12.6. The number of hydrogen-bond acceptors (Lipinski definition) is 4. The maximum absolute atomic E-state index is 12.6. The summed E-state index contributed by atoms with van der Waals surface area (Å²) in [5.41, 5.74) is 1.71. The van der Waals surface area contributed by atoms with Crippen molar-refractivity contribution in [2.45, 2.75) is 40.5 Å². The van der Waals surface area contributed by atoms with Crippen LogP contribution in [0.5, 0.6) is 11.5 Å². The number of carbonyl (C=O) groups is 2. The Balaban J connectivity index is 1.89. The molecule has 3 N–H and O–H groups in total. The topological polar surface area (TPSA) is 95.9 Å². The number of amides is 1. The number of nitrogens with one attached hydrogen (secondary N) is 1. The highest BCUT2D eigenvalue weighted by Gasteiger charge is 2.27. The molecule has 150 valence electrons. The lowest BCUT2D eigenvalue weighted by Crippen LogP contribution is -2.31. The van der Waals surface area contributed by atoms with Crippen molar-refractivity contribution < 1.29 is 24.5 Å². The van der Waals surface area contributed by atoms with Gasteiger partial charge in [0, 0.05) is 17.2 Å². The molecule has 0 aromatic heterocycles. The Labute approximate surface area is 165 Å². The Bertz CT molecular complexity index is 873. The van der Waals surface area contributed by atoms with Crippen molar-refractivity contribution in [1.29, 1.82) is 0 Å². The van der Waals surface area contributed by atoms with E-state index in [1.807, 2.05) is 45.9 Å². The fourth-order valence-corrected chi connectivity index (χ4v) is 2.76. The largest absolute Gasteiger partial charge is 0.507 e. The van der Waals surface area contributed by atoms with Gasteiger partial charge in [-0.1, -0.05) is 26.0 Å². The molecule has 0 saturated carbocycles. The van der Waals surface area contributed by atoms with E-state index in [1.165, 1.54) is 18.2 Å². The molecule has 0 aliphatic carbocycles. The fourth-order valence-electron chi connectivity index (χ4n) is 2.76. The lowest BCUT2D eigenvalue weighted by atomic mass is 9.87. The molecule has 0 spiro atoms. The molecule has 6 heteroatoms. The van der Waals surface area contributed by atoms with Gasteiger partial charge in [0.05, 0.1) is 6.61 Å². The molecule has 0 atom stereocenters. The highest BCUT2D eigenvalue weighted by atomic mass is 16.5. The second-order valence-electron chi connectivity index (χ2n) is 7.60. The fraction of sp³-hybridized carbons (Fsp3) is 0.364. The van der Waals surface area contributed by atoms with Crippen LogP contribution in [0.2, 0.25) is 0 Å². The van der Waals surface area contributed by atoms with Crippen molar-refractivity contribution in [1.82, 2.24) is 0 Å². The summed E-state index contributed by atoms with van der Waals surface area (Å²) in [7, 11) is 0. The Morgan fingerprint density at radius 1 is 1.11 bits per heavy atom. The number of carbonyl (C=O) groups excluding carboxylic acids is 1. The van der Waals surface area contributed by atoms with E-state index in [2.05, 4.69) is 5.32 Å². The minimum Gasteiger partial charge on any atom is -0.507 e. The summed E-state index contributed by atoms with van der Waals surface area (Å²) in [5, 5.41) is 21.4. The smallest absolute Gasteiger partial charge is 0.339 e. The first-order valence-electron chi connectivity index (χ1n) is 9.18. The monoisotopic (exact) mass is 385 g/mol. The minimum atomic E-state index is -1.22. The number of phenols is 1. The zero-order chi connectivity index (χ0) is 20.9. The van der Waals surface area contributed by atoms with Gasteiger partial charge in [-0.3, -0.25) is 4.79 Å². The molecule has 6 nitrogen and oxygen atoms in total. The molecule has 1 amide bonds. The Hall–Kier alpha value is -3.02. The predicted molar refractivity (Wildman–Crippen MR) is 108 cm³/mol. The Morgan fingerprint density at radius 3 is 2.46 bits per heavy atom. The summed E-state index contributed by atoms with van der Waals surface area (Å²) in [6.07, 6.45) is 1.32. The van der Waals surface area contributed by atoms with Crippen molar-refractivity contribution in [2.75, 3.05) is 11.9 Å². The van der Waals surface area contributed by atoms with Crippen molar-refractivity contribution in [2.24, 2.45) is 5.41 Å². The van der Waals surface area contributed by atoms with Gasteiger partial charge in [0.2, 0.25) is 5.91 Å². The summed E-state index contributed by atoms with van der Waals surface area (Å²) in [6, 6.07) is 10.0. The number of carboxylic acid groups (broad SMARTS) is 1. The molecule has 0 heterocycles. The molecule has 0 fully saturated rings. The highest BCUT2D eigenvalue weighted by molar-refractivity contribution is 5.96. The number of aromatic carboxylic acids is 1. The summed E-state index contributed by atoms with van der Waals surface area (Å²) in [6.45, 7) is 8.20. The average Bonchev–Trinajstić information content (AvgIpc) is 2.61. The average molecular weight is 385 g/mol. The number of anilines is 1. The molecule has 0 aliphatic heterocycles. The van der Waals surface area contributed by atoms with Crippen LogP contribution in [0, 0.1) is 19.3 Å². The first-order chi connectivity index (χ1) is 13.1. The van der Waals surface area contributed by atoms with Crippen LogP contribution in [-0.4, -0.2) is 28.7 Å². The van der Waals surface area contributed by atoms with E-state index in [-0.39, 0.29) is 17.2 Å². The van der Waals surface area contributed by atoms with Gasteiger partial charge in [-0.05, 0) is 56.0 Å². The van der Waals surface area contributed by atoms with E-state index in [0.29, 0.717) is 25.1 Å². The summed E-state index contributed by atoms with van der Waals surface area (Å²) < 4.78 is 5.84. The van der Waals surface area contributed by atoms with E-state index in [9.17, 15) is 14.7 Å². The van der Waals surface area contributed by atoms with Crippen molar-refractivity contribution >= 4 is 17.6 Å². The van der Waals surface area contributed by atoms with Crippen LogP contribution in [0.1, 0.15) is 48.2 Å². The quantitative estimate of drug-likeness (QED) is 0.580. The number of benzene rings is 2. The molecule has 0 aliphatic rings. The number of carboxylic acids is 1. The van der Waals surface area contributed by atoms with Crippen LogP contribution in [0.3, 0.4) is 0 Å². The third-order valence-corrected chi connectivity index (χ3v) is 4.65. The van der Waals surface area contributed by atoms with Gasteiger partial charge in [-0.2, -0.15) is 0 Å². The van der Waals surface area contributed by atoms with Gasteiger partial charge >= 0.3 is 5.97 Å². The molecule has 0 saturated heterocycles. The third kappa shape index (κ3) is 5.49. The van der Waals surface area contributed by atoms with E-state index in [4.69, 9.17) is 9.84 Å². The number of hydrogen-bond donors (Lipinski definition) is 3. The summed E-state index contributed by atoms with van der Waals surface area (Å²) >= 11 is 0. The maximum Gasteiger partial charge on any atom is 0.339 e. The van der Waals surface area contributed by atoms with Crippen LogP contribution >= 0.6 is 0 Å².